The number of hydrogen-bond donors (Lipinski definition) is 3. The van der Waals surface area contributed by atoms with E-state index in [-0.39, 0.29) is 17.9 Å². The molecule has 2 aromatic heterocycles. The zero-order valence-electron chi connectivity index (χ0n) is 20.2. The quantitative estimate of drug-likeness (QED) is 0.488. The number of aryl methyl sites for hydroxylation is 1. The Bertz CT molecular complexity index is 1460. The molecule has 3 aromatic rings. The molecule has 2 atom stereocenters. The molecule has 0 radical (unpaired) electrons. The molecule has 1 aromatic carbocycles. The zero-order valence-corrected chi connectivity index (χ0v) is 21.0. The molecule has 0 aliphatic carbocycles. The maximum atomic E-state index is 13.9. The van der Waals surface area contributed by atoms with Crippen molar-refractivity contribution >= 4 is 38.4 Å². The molecule has 9 nitrogen and oxygen atoms in total. The first kappa shape index (κ1) is 23.3. The second kappa shape index (κ2) is 7.81. The molecular weight excluding hydrogens is 466 g/mol. The highest BCUT2D eigenvalue weighted by atomic mass is 32.2. The van der Waals surface area contributed by atoms with Crippen LogP contribution in [-0.2, 0) is 14.6 Å². The lowest BCUT2D eigenvalue weighted by Gasteiger charge is -2.44. The van der Waals surface area contributed by atoms with Crippen LogP contribution in [0.3, 0.4) is 0 Å². The van der Waals surface area contributed by atoms with Crippen molar-refractivity contribution in [2.24, 2.45) is 0 Å². The van der Waals surface area contributed by atoms with Gasteiger partial charge in [0.05, 0.1) is 28.0 Å². The summed E-state index contributed by atoms with van der Waals surface area (Å²) in [6.07, 6.45) is 3.15. The van der Waals surface area contributed by atoms with Gasteiger partial charge in [0.25, 0.3) is 0 Å². The second-order valence-electron chi connectivity index (χ2n) is 10.3. The van der Waals surface area contributed by atoms with Crippen LogP contribution in [0.15, 0.2) is 47.6 Å². The fourth-order valence-electron chi connectivity index (χ4n) is 4.99. The monoisotopic (exact) mass is 495 g/mol. The molecule has 1 fully saturated rings. The van der Waals surface area contributed by atoms with Gasteiger partial charge in [-0.25, -0.2) is 18.2 Å². The molecule has 184 valence electrons. The van der Waals surface area contributed by atoms with Gasteiger partial charge in [-0.1, -0.05) is 12.1 Å². The van der Waals surface area contributed by atoms with Crippen LogP contribution in [0.2, 0.25) is 0 Å². The van der Waals surface area contributed by atoms with Gasteiger partial charge in [-0.3, -0.25) is 4.90 Å². The Morgan fingerprint density at radius 2 is 2.06 bits per heavy atom. The van der Waals surface area contributed by atoms with Crippen LogP contribution in [0.25, 0.3) is 11.0 Å². The smallest absolute Gasteiger partial charge is 0.411 e. The molecule has 1 spiro atoms. The first-order valence-corrected chi connectivity index (χ1v) is 13.1. The van der Waals surface area contributed by atoms with Crippen LogP contribution in [0.1, 0.15) is 44.7 Å². The van der Waals surface area contributed by atoms with Crippen molar-refractivity contribution in [1.82, 2.24) is 14.9 Å². The molecule has 4 heterocycles. The number of likely N-dealkylation sites (tertiary alicyclic amines) is 1. The molecule has 1 amide bonds. The molecule has 35 heavy (non-hydrogen) atoms. The Morgan fingerprint density at radius 3 is 2.77 bits per heavy atom. The number of amides is 1. The fraction of sp³-hybridized carbons (Fsp3) is 0.400. The molecule has 0 saturated carbocycles. The molecule has 5 rings (SSSR count). The maximum Gasteiger partial charge on any atom is 0.411 e. The van der Waals surface area contributed by atoms with E-state index in [0.717, 1.165) is 10.9 Å². The Hall–Kier alpha value is -3.40. The summed E-state index contributed by atoms with van der Waals surface area (Å²) < 4.78 is 33.5. The summed E-state index contributed by atoms with van der Waals surface area (Å²) in [7, 11) is -3.97. The lowest BCUT2D eigenvalue weighted by atomic mass is 9.82. The van der Waals surface area contributed by atoms with Crippen molar-refractivity contribution in [2.75, 3.05) is 11.9 Å². The number of sulfone groups is 1. The largest absolute Gasteiger partial charge is 0.444 e. The van der Waals surface area contributed by atoms with Crippen LogP contribution >= 0.6 is 0 Å². The lowest BCUT2D eigenvalue weighted by Crippen LogP contribution is -2.60. The number of fused-ring (bicyclic) bond motifs is 3. The molecule has 2 aliphatic rings. The number of anilines is 1. The van der Waals surface area contributed by atoms with Crippen LogP contribution in [0.4, 0.5) is 10.5 Å². The lowest BCUT2D eigenvalue weighted by molar-refractivity contribution is 0.0156. The van der Waals surface area contributed by atoms with Crippen LogP contribution in [-0.4, -0.2) is 58.1 Å². The van der Waals surface area contributed by atoms with E-state index in [4.69, 9.17) is 10.1 Å². The van der Waals surface area contributed by atoms with Gasteiger partial charge >= 0.3 is 6.09 Å². The summed E-state index contributed by atoms with van der Waals surface area (Å²) in [6, 6.07) is 8.55. The third-order valence-corrected chi connectivity index (χ3v) is 8.69. The number of rotatable bonds is 2. The van der Waals surface area contributed by atoms with E-state index >= 15 is 0 Å². The SMILES string of the molecule is Cc1cccc(S(=O)(=O)C2CC3(CCN2C(=O)OC(C)(C)C)Nc2cnc4[nH]ccc4c2C3=N)c1. The summed E-state index contributed by atoms with van der Waals surface area (Å²) in [5.41, 5.74) is 1.48. The van der Waals surface area contributed by atoms with Crippen molar-refractivity contribution < 1.29 is 17.9 Å². The number of aromatic amines is 1. The Kier molecular flexibility index (Phi) is 5.21. The Balaban J connectivity index is 1.57. The first-order valence-electron chi connectivity index (χ1n) is 11.6. The van der Waals surface area contributed by atoms with E-state index in [2.05, 4.69) is 15.3 Å². The third-order valence-electron chi connectivity index (χ3n) is 6.64. The minimum absolute atomic E-state index is 0.0158. The predicted octanol–water partition coefficient (Wildman–Crippen LogP) is 4.23. The van der Waals surface area contributed by atoms with Gasteiger partial charge in [-0.05, 0) is 57.9 Å². The number of piperidine rings is 1. The molecule has 2 unspecified atom stereocenters. The average molecular weight is 496 g/mol. The number of nitrogens with zero attached hydrogens (tertiary/aromatic N) is 2. The highest BCUT2D eigenvalue weighted by Gasteiger charge is 2.53. The molecule has 0 bridgehead atoms. The predicted molar refractivity (Wildman–Crippen MR) is 134 cm³/mol. The maximum absolute atomic E-state index is 13.9. The van der Waals surface area contributed by atoms with Gasteiger partial charge < -0.3 is 20.4 Å². The summed E-state index contributed by atoms with van der Waals surface area (Å²) in [5, 5.41) is 12.1. The number of carbonyl (C=O) groups excluding carboxylic acids is 1. The summed E-state index contributed by atoms with van der Waals surface area (Å²) in [5.74, 6) is 0. The van der Waals surface area contributed by atoms with Crippen molar-refractivity contribution in [2.45, 2.75) is 61.9 Å². The van der Waals surface area contributed by atoms with E-state index in [1.165, 1.54) is 4.90 Å². The fourth-order valence-corrected chi connectivity index (χ4v) is 6.96. The highest BCUT2D eigenvalue weighted by Crippen LogP contribution is 2.44. The molecule has 2 aliphatic heterocycles. The Labute approximate surface area is 204 Å². The molecule has 1 saturated heterocycles. The number of hydrogen-bond acceptors (Lipinski definition) is 7. The topological polar surface area (TPSA) is 128 Å². The first-order chi connectivity index (χ1) is 16.4. The second-order valence-corrected chi connectivity index (χ2v) is 12.4. The van der Waals surface area contributed by atoms with Crippen LogP contribution in [0.5, 0.6) is 0 Å². The highest BCUT2D eigenvalue weighted by molar-refractivity contribution is 7.92. The van der Waals surface area contributed by atoms with Crippen molar-refractivity contribution in [3.8, 4) is 0 Å². The summed E-state index contributed by atoms with van der Waals surface area (Å²) >= 11 is 0. The van der Waals surface area contributed by atoms with Crippen molar-refractivity contribution in [3.63, 3.8) is 0 Å². The van der Waals surface area contributed by atoms with Crippen LogP contribution in [0, 0.1) is 12.3 Å². The standard InChI is InChI=1S/C25H29N5O4S/c1-15-6-5-7-16(12-15)35(32,33)19-13-25(9-11-30(19)23(31)34-24(2,3)4)21(26)20-17-8-10-27-22(17)28-14-18(20)29-25/h5-8,10,12,14,19,26,29H,9,11,13H2,1-4H3,(H,27,28). The van der Waals surface area contributed by atoms with Crippen LogP contribution < -0.4 is 5.32 Å². The van der Waals surface area contributed by atoms with Gasteiger partial charge in [-0.15, -0.1) is 0 Å². The van der Waals surface area contributed by atoms with E-state index in [1.807, 2.05) is 19.1 Å². The van der Waals surface area contributed by atoms with Crippen molar-refractivity contribution in [1.29, 1.82) is 5.41 Å². The number of carbonyl (C=O) groups is 1. The van der Waals surface area contributed by atoms with Gasteiger partial charge in [0.1, 0.15) is 16.6 Å². The minimum Gasteiger partial charge on any atom is -0.444 e. The number of benzene rings is 1. The molecular formula is C25H29N5O4S. The Morgan fingerprint density at radius 1 is 1.29 bits per heavy atom. The molecule has 10 heteroatoms. The number of ether oxygens (including phenoxy) is 1. The van der Waals surface area contributed by atoms with E-state index < -0.39 is 32.4 Å². The number of nitrogens with one attached hydrogen (secondary N) is 3. The van der Waals surface area contributed by atoms with Crippen molar-refractivity contribution in [3.05, 3.63) is 53.9 Å². The van der Waals surface area contributed by atoms with Gasteiger partial charge in [-0.2, -0.15) is 0 Å². The number of aromatic nitrogens is 2. The normalized spacial score (nSPS) is 22.3. The third kappa shape index (κ3) is 3.85. The summed E-state index contributed by atoms with van der Waals surface area (Å²) in [6.45, 7) is 7.20. The number of H-pyrrole nitrogens is 1. The zero-order chi connectivity index (χ0) is 25.2. The molecule has 3 N–H and O–H groups in total. The average Bonchev–Trinajstić information content (AvgIpc) is 3.35. The number of pyridine rings is 1. The van der Waals surface area contributed by atoms with Gasteiger partial charge in [0.2, 0.25) is 0 Å². The van der Waals surface area contributed by atoms with E-state index in [1.54, 1.807) is 51.4 Å². The van der Waals surface area contributed by atoms with Gasteiger partial charge in [0, 0.05) is 30.1 Å². The minimum atomic E-state index is -3.97. The van der Waals surface area contributed by atoms with Gasteiger partial charge in [0.15, 0.2) is 9.84 Å². The summed E-state index contributed by atoms with van der Waals surface area (Å²) in [4.78, 5) is 22.1. The van der Waals surface area contributed by atoms with E-state index in [0.29, 0.717) is 29.0 Å². The van der Waals surface area contributed by atoms with E-state index in [9.17, 15) is 13.2 Å².